The lowest BCUT2D eigenvalue weighted by atomic mass is 10.1. The first-order valence-corrected chi connectivity index (χ1v) is 5.65. The molecule has 0 aromatic heterocycles. The van der Waals surface area contributed by atoms with Gasteiger partial charge in [-0.05, 0) is 19.5 Å². The zero-order chi connectivity index (χ0) is 11.8. The van der Waals surface area contributed by atoms with Crippen LogP contribution in [0.1, 0.15) is 27.2 Å². The van der Waals surface area contributed by atoms with E-state index in [0.29, 0.717) is 19.0 Å². The van der Waals surface area contributed by atoms with Gasteiger partial charge >= 0.3 is 5.97 Å². The van der Waals surface area contributed by atoms with Gasteiger partial charge in [0.25, 0.3) is 0 Å². The van der Waals surface area contributed by atoms with E-state index in [2.05, 4.69) is 24.1 Å². The Morgan fingerprint density at radius 2 is 2.00 bits per heavy atom. The van der Waals surface area contributed by atoms with Crippen molar-refractivity contribution in [1.82, 2.24) is 10.2 Å². The molecule has 4 heteroatoms. The fourth-order valence-corrected chi connectivity index (χ4v) is 1.52. The Hall–Kier alpha value is -0.610. The predicted octanol–water partition coefficient (Wildman–Crippen LogP) is 1.03. The maximum absolute atomic E-state index is 10.9. The summed E-state index contributed by atoms with van der Waals surface area (Å²) >= 11 is 0. The quantitative estimate of drug-likeness (QED) is 0.636. The van der Waals surface area contributed by atoms with Gasteiger partial charge in [0, 0.05) is 13.1 Å². The van der Waals surface area contributed by atoms with E-state index in [0.717, 1.165) is 13.0 Å². The minimum atomic E-state index is -0.771. The van der Waals surface area contributed by atoms with E-state index in [1.165, 1.54) is 0 Å². The van der Waals surface area contributed by atoms with E-state index in [1.54, 1.807) is 0 Å². The van der Waals surface area contributed by atoms with Gasteiger partial charge in [-0.3, -0.25) is 4.79 Å². The van der Waals surface area contributed by atoms with Crippen LogP contribution in [-0.2, 0) is 4.79 Å². The number of carboxylic acid groups (broad SMARTS) is 1. The second kappa shape index (κ2) is 7.65. The third kappa shape index (κ3) is 6.47. The van der Waals surface area contributed by atoms with Crippen molar-refractivity contribution in [2.24, 2.45) is 5.92 Å². The molecule has 0 aromatic rings. The summed E-state index contributed by atoms with van der Waals surface area (Å²) < 4.78 is 0. The molecule has 0 aliphatic rings. The molecular formula is C11H24N2O2. The second-order valence-electron chi connectivity index (χ2n) is 4.18. The molecule has 0 aliphatic heterocycles. The van der Waals surface area contributed by atoms with E-state index in [9.17, 15) is 4.79 Å². The van der Waals surface area contributed by atoms with Crippen molar-refractivity contribution in [3.8, 4) is 0 Å². The zero-order valence-corrected chi connectivity index (χ0v) is 10.3. The van der Waals surface area contributed by atoms with Crippen molar-refractivity contribution >= 4 is 5.97 Å². The first-order valence-electron chi connectivity index (χ1n) is 5.65. The molecule has 2 atom stereocenters. The van der Waals surface area contributed by atoms with Crippen LogP contribution in [0.25, 0.3) is 0 Å². The van der Waals surface area contributed by atoms with E-state index >= 15 is 0 Å². The Balaban J connectivity index is 3.99. The lowest BCUT2D eigenvalue weighted by Gasteiger charge is -2.24. The maximum Gasteiger partial charge on any atom is 0.322 e. The Morgan fingerprint density at radius 1 is 1.40 bits per heavy atom. The molecule has 0 saturated heterocycles. The minimum absolute atomic E-state index is 0.455. The summed E-state index contributed by atoms with van der Waals surface area (Å²) in [5.41, 5.74) is 0. The average molecular weight is 216 g/mol. The number of aliphatic carboxylic acids is 1. The summed E-state index contributed by atoms with van der Waals surface area (Å²) in [5.74, 6) is -0.154. The average Bonchev–Trinajstić information content (AvgIpc) is 2.16. The zero-order valence-electron chi connectivity index (χ0n) is 10.3. The lowest BCUT2D eigenvalue weighted by molar-refractivity contribution is -0.139. The molecule has 0 saturated carbocycles. The van der Waals surface area contributed by atoms with Crippen molar-refractivity contribution in [2.45, 2.75) is 33.2 Å². The van der Waals surface area contributed by atoms with Crippen LogP contribution in [0.3, 0.4) is 0 Å². The second-order valence-corrected chi connectivity index (χ2v) is 4.18. The van der Waals surface area contributed by atoms with Crippen LogP contribution in [0.2, 0.25) is 0 Å². The largest absolute Gasteiger partial charge is 0.480 e. The highest BCUT2D eigenvalue weighted by molar-refractivity contribution is 5.73. The van der Waals surface area contributed by atoms with Gasteiger partial charge in [-0.25, -0.2) is 0 Å². The van der Waals surface area contributed by atoms with E-state index in [1.807, 2.05) is 14.0 Å². The van der Waals surface area contributed by atoms with Gasteiger partial charge in [0.05, 0.1) is 0 Å². The molecule has 0 fully saturated rings. The van der Waals surface area contributed by atoms with E-state index in [4.69, 9.17) is 5.11 Å². The number of rotatable bonds is 8. The fourth-order valence-electron chi connectivity index (χ4n) is 1.52. The minimum Gasteiger partial charge on any atom is -0.480 e. The summed E-state index contributed by atoms with van der Waals surface area (Å²) in [6.45, 7) is 8.45. The number of nitrogens with one attached hydrogen (secondary N) is 1. The van der Waals surface area contributed by atoms with Gasteiger partial charge in [0.15, 0.2) is 0 Å². The van der Waals surface area contributed by atoms with Gasteiger partial charge < -0.3 is 15.3 Å². The molecule has 15 heavy (non-hydrogen) atoms. The molecule has 0 radical (unpaired) electrons. The highest BCUT2D eigenvalue weighted by Gasteiger charge is 2.18. The molecule has 0 rings (SSSR count). The highest BCUT2D eigenvalue weighted by atomic mass is 16.4. The summed E-state index contributed by atoms with van der Waals surface area (Å²) in [6, 6.07) is -0.455. The summed E-state index contributed by atoms with van der Waals surface area (Å²) in [6.07, 6.45) is 1.13. The van der Waals surface area contributed by atoms with E-state index in [-0.39, 0.29) is 0 Å². The van der Waals surface area contributed by atoms with Gasteiger partial charge in [-0.1, -0.05) is 27.2 Å². The lowest BCUT2D eigenvalue weighted by Crippen LogP contribution is -2.45. The molecule has 2 unspecified atom stereocenters. The normalized spacial score (nSPS) is 15.3. The first kappa shape index (κ1) is 14.4. The number of likely N-dealkylation sites (N-methyl/N-ethyl adjacent to an activating group) is 2. The first-order chi connectivity index (χ1) is 7.01. The van der Waals surface area contributed by atoms with Crippen LogP contribution >= 0.6 is 0 Å². The van der Waals surface area contributed by atoms with Crippen LogP contribution in [-0.4, -0.2) is 48.7 Å². The number of carbonyl (C=O) groups is 1. The van der Waals surface area contributed by atoms with Gasteiger partial charge in [0.1, 0.15) is 6.04 Å². The molecule has 90 valence electrons. The van der Waals surface area contributed by atoms with E-state index < -0.39 is 12.0 Å². The maximum atomic E-state index is 10.9. The molecule has 0 amide bonds. The molecule has 0 aliphatic carbocycles. The predicted molar refractivity (Wildman–Crippen MR) is 62.1 cm³/mol. The third-order valence-corrected chi connectivity index (χ3v) is 2.56. The van der Waals surface area contributed by atoms with Crippen molar-refractivity contribution in [3.63, 3.8) is 0 Å². The highest BCUT2D eigenvalue weighted by Crippen LogP contribution is 2.03. The molecule has 0 aromatic carbocycles. The fraction of sp³-hybridized carbons (Fsp3) is 0.909. The number of hydrogen-bond donors (Lipinski definition) is 2. The Morgan fingerprint density at radius 3 is 2.40 bits per heavy atom. The molecule has 0 spiro atoms. The Bertz CT molecular complexity index is 185. The van der Waals surface area contributed by atoms with Crippen LogP contribution in [0, 0.1) is 5.92 Å². The summed E-state index contributed by atoms with van der Waals surface area (Å²) in [7, 11) is 1.97. The van der Waals surface area contributed by atoms with Gasteiger partial charge in [-0.2, -0.15) is 0 Å². The Kier molecular flexibility index (Phi) is 7.34. The van der Waals surface area contributed by atoms with Gasteiger partial charge in [0.2, 0.25) is 0 Å². The smallest absolute Gasteiger partial charge is 0.322 e. The van der Waals surface area contributed by atoms with Crippen LogP contribution < -0.4 is 5.32 Å². The monoisotopic (exact) mass is 216 g/mol. The van der Waals surface area contributed by atoms with Crippen molar-refractivity contribution in [2.75, 3.05) is 26.7 Å². The number of carboxylic acids is 1. The number of hydrogen-bond acceptors (Lipinski definition) is 3. The molecule has 0 heterocycles. The van der Waals surface area contributed by atoms with Crippen LogP contribution in [0.15, 0.2) is 0 Å². The van der Waals surface area contributed by atoms with Crippen LogP contribution in [0.5, 0.6) is 0 Å². The summed E-state index contributed by atoms with van der Waals surface area (Å²) in [4.78, 5) is 13.0. The van der Waals surface area contributed by atoms with Crippen molar-refractivity contribution < 1.29 is 9.90 Å². The van der Waals surface area contributed by atoms with Crippen LogP contribution in [0.4, 0.5) is 0 Å². The van der Waals surface area contributed by atoms with Crippen molar-refractivity contribution in [3.05, 3.63) is 0 Å². The SMILES string of the molecule is CCNC(CN(C)CC(C)CC)C(=O)O. The molecule has 0 bridgehead atoms. The Labute approximate surface area is 92.7 Å². The number of nitrogens with zero attached hydrogens (tertiary/aromatic N) is 1. The topological polar surface area (TPSA) is 52.6 Å². The molecule has 4 nitrogen and oxygen atoms in total. The standard InChI is InChI=1S/C11H24N2O2/c1-5-9(3)7-13(4)8-10(11(14)15)12-6-2/h9-10,12H,5-8H2,1-4H3,(H,14,15). The van der Waals surface area contributed by atoms with Crippen molar-refractivity contribution in [1.29, 1.82) is 0 Å². The molecular weight excluding hydrogens is 192 g/mol. The van der Waals surface area contributed by atoms with Gasteiger partial charge in [-0.15, -0.1) is 0 Å². The summed E-state index contributed by atoms with van der Waals surface area (Å²) in [5, 5.41) is 11.9. The molecule has 2 N–H and O–H groups in total. The third-order valence-electron chi connectivity index (χ3n) is 2.56.